The molecule has 0 amide bonds. The first-order chi connectivity index (χ1) is 27.8. The van der Waals surface area contributed by atoms with Gasteiger partial charge in [0, 0.05) is 43.0 Å². The lowest BCUT2D eigenvalue weighted by molar-refractivity contribution is -0.137. The van der Waals surface area contributed by atoms with E-state index < -0.39 is 56.5 Å². The second-order valence-electron chi connectivity index (χ2n) is 12.9. The maximum absolute atomic E-state index is 16.6. The Labute approximate surface area is 340 Å². The molecule has 58 heavy (non-hydrogen) atoms. The van der Waals surface area contributed by atoms with Crippen molar-refractivity contribution in [1.82, 2.24) is 30.2 Å². The molecule has 0 aliphatic heterocycles. The van der Waals surface area contributed by atoms with Gasteiger partial charge in [0.15, 0.2) is 11.0 Å². The summed E-state index contributed by atoms with van der Waals surface area (Å²) in [6, 6.07) is 18.1. The standard InChI is InChI=1S/C40H39ClF4N8O4S/c1-21(27-7-6-16-47-35(27)48-19-23-8-12-25(55-3)13-9-23)46-17-18-57-38-29-34(52-39(58-5)53-37(29)54)32(42)33(51-38)28-30(40(43,44)45)22(2)50-36(31(28)41)49-20-24-10-14-26(56-4)15-11-24/h6-16,21,46H,17-20H2,1-5H3,(H,47,48)(H,49,50)(H,52,53,54)/t21-/m1/s1. The van der Waals surface area contributed by atoms with Gasteiger partial charge >= 0.3 is 6.18 Å². The number of benzene rings is 2. The van der Waals surface area contributed by atoms with Gasteiger partial charge in [-0.2, -0.15) is 13.2 Å². The van der Waals surface area contributed by atoms with Crippen LogP contribution in [0.25, 0.3) is 22.2 Å². The summed E-state index contributed by atoms with van der Waals surface area (Å²) in [6.07, 6.45) is -1.76. The molecule has 0 saturated carbocycles. The van der Waals surface area contributed by atoms with Crippen molar-refractivity contribution < 1.29 is 31.8 Å². The van der Waals surface area contributed by atoms with Crippen LogP contribution < -0.4 is 35.7 Å². The highest BCUT2D eigenvalue weighted by Crippen LogP contribution is 2.46. The number of aromatic nitrogens is 5. The number of halogens is 5. The molecule has 0 radical (unpaired) electrons. The van der Waals surface area contributed by atoms with Gasteiger partial charge in [-0.05, 0) is 61.6 Å². The van der Waals surface area contributed by atoms with Crippen LogP contribution in [0.3, 0.4) is 0 Å². The quantitative estimate of drug-likeness (QED) is 0.0320. The summed E-state index contributed by atoms with van der Waals surface area (Å²) in [5, 5.41) is 8.75. The number of alkyl halides is 3. The van der Waals surface area contributed by atoms with E-state index in [1.165, 1.54) is 7.11 Å². The lowest BCUT2D eigenvalue weighted by Gasteiger charge is -2.21. The summed E-state index contributed by atoms with van der Waals surface area (Å²) >= 11 is 7.71. The van der Waals surface area contributed by atoms with Crippen molar-refractivity contribution in [3.63, 3.8) is 0 Å². The number of thioether (sulfide) groups is 1. The number of hydrogen-bond acceptors (Lipinski definition) is 12. The third-order valence-corrected chi connectivity index (χ3v) is 10.1. The Balaban J connectivity index is 1.30. The fraction of sp³-hybridized carbons (Fsp3) is 0.275. The molecule has 0 bridgehead atoms. The zero-order valence-corrected chi connectivity index (χ0v) is 33.5. The molecule has 0 aliphatic carbocycles. The molecule has 4 heterocycles. The average Bonchev–Trinajstić information content (AvgIpc) is 3.22. The number of aromatic amines is 1. The number of H-pyrrole nitrogens is 1. The first-order valence-electron chi connectivity index (χ1n) is 17.8. The van der Waals surface area contributed by atoms with Gasteiger partial charge in [0.05, 0.1) is 30.5 Å². The summed E-state index contributed by atoms with van der Waals surface area (Å²) in [5.74, 6) is 0.149. The Kier molecular flexibility index (Phi) is 13.2. The molecule has 12 nitrogen and oxygen atoms in total. The van der Waals surface area contributed by atoms with E-state index in [0.717, 1.165) is 41.1 Å². The summed E-state index contributed by atoms with van der Waals surface area (Å²) < 4.78 is 77.4. The third-order valence-electron chi connectivity index (χ3n) is 9.11. The van der Waals surface area contributed by atoms with Crippen LogP contribution in [0, 0.1) is 12.7 Å². The molecular weight excluding hydrogens is 800 g/mol. The zero-order valence-electron chi connectivity index (χ0n) is 32.0. The van der Waals surface area contributed by atoms with E-state index in [9.17, 15) is 18.0 Å². The Bertz CT molecular complexity index is 2460. The van der Waals surface area contributed by atoms with Crippen molar-refractivity contribution in [3.8, 4) is 28.6 Å². The molecule has 0 unspecified atom stereocenters. The zero-order chi connectivity index (χ0) is 41.6. The van der Waals surface area contributed by atoms with Crippen LogP contribution in [-0.4, -0.2) is 58.5 Å². The normalized spacial score (nSPS) is 12.0. The third kappa shape index (κ3) is 9.38. The van der Waals surface area contributed by atoms with Gasteiger partial charge in [0.2, 0.25) is 5.88 Å². The highest BCUT2D eigenvalue weighted by atomic mass is 35.5. The smallest absolute Gasteiger partial charge is 0.418 e. The molecule has 6 rings (SSSR count). The van der Waals surface area contributed by atoms with E-state index in [0.29, 0.717) is 18.1 Å². The van der Waals surface area contributed by atoms with Gasteiger partial charge in [-0.3, -0.25) is 4.79 Å². The van der Waals surface area contributed by atoms with Crippen molar-refractivity contribution in [2.75, 3.05) is 44.3 Å². The van der Waals surface area contributed by atoms with Crippen molar-refractivity contribution >= 4 is 45.9 Å². The van der Waals surface area contributed by atoms with Crippen LogP contribution in [0.15, 0.2) is 76.8 Å². The number of aryl methyl sites for hydroxylation is 1. The van der Waals surface area contributed by atoms with E-state index in [1.807, 2.05) is 43.3 Å². The van der Waals surface area contributed by atoms with E-state index in [-0.39, 0.29) is 42.1 Å². The lowest BCUT2D eigenvalue weighted by atomic mass is 10.0. The van der Waals surface area contributed by atoms with E-state index >= 15 is 4.39 Å². The minimum Gasteiger partial charge on any atom is -0.497 e. The van der Waals surface area contributed by atoms with Crippen molar-refractivity contribution in [1.29, 1.82) is 0 Å². The molecule has 4 aromatic heterocycles. The Morgan fingerprint density at radius 1 is 0.914 bits per heavy atom. The maximum Gasteiger partial charge on any atom is 0.418 e. The van der Waals surface area contributed by atoms with Gasteiger partial charge in [0.1, 0.15) is 46.3 Å². The number of anilines is 2. The van der Waals surface area contributed by atoms with Crippen LogP contribution >= 0.6 is 23.4 Å². The molecule has 1 atom stereocenters. The monoisotopic (exact) mass is 838 g/mol. The molecule has 0 aliphatic rings. The Morgan fingerprint density at radius 3 is 2.12 bits per heavy atom. The molecule has 0 saturated heterocycles. The van der Waals surface area contributed by atoms with Crippen LogP contribution in [0.5, 0.6) is 17.4 Å². The number of rotatable bonds is 16. The van der Waals surface area contributed by atoms with Crippen molar-refractivity contribution in [2.45, 2.75) is 44.3 Å². The summed E-state index contributed by atoms with van der Waals surface area (Å²) in [5.41, 5.74) is -2.10. The van der Waals surface area contributed by atoms with Crippen LogP contribution in [0.2, 0.25) is 5.02 Å². The fourth-order valence-corrected chi connectivity index (χ4v) is 6.84. The molecular formula is C40H39ClF4N8O4S. The topological polar surface area (TPSA) is 148 Å². The first kappa shape index (κ1) is 42.0. The van der Waals surface area contributed by atoms with Gasteiger partial charge in [-0.25, -0.2) is 24.3 Å². The van der Waals surface area contributed by atoms with Crippen LogP contribution in [0.4, 0.5) is 29.2 Å². The fourth-order valence-electron chi connectivity index (χ4n) is 6.17. The van der Waals surface area contributed by atoms with E-state index in [4.69, 9.17) is 25.8 Å². The number of nitrogens with one attached hydrogen (secondary N) is 4. The van der Waals surface area contributed by atoms with Gasteiger partial charge in [0.25, 0.3) is 5.56 Å². The predicted octanol–water partition coefficient (Wildman–Crippen LogP) is 8.59. The number of pyridine rings is 3. The molecule has 18 heteroatoms. The molecule has 2 aromatic carbocycles. The van der Waals surface area contributed by atoms with E-state index in [1.54, 1.807) is 43.8 Å². The number of ether oxygens (including phenoxy) is 3. The van der Waals surface area contributed by atoms with E-state index in [2.05, 4.69) is 40.9 Å². The van der Waals surface area contributed by atoms with Gasteiger partial charge < -0.3 is 35.1 Å². The van der Waals surface area contributed by atoms with Crippen molar-refractivity contribution in [2.24, 2.45) is 0 Å². The highest BCUT2D eigenvalue weighted by molar-refractivity contribution is 7.98. The second kappa shape index (κ2) is 18.3. The molecule has 304 valence electrons. The minimum absolute atomic E-state index is 0.0257. The Hall–Kier alpha value is -5.65. The largest absolute Gasteiger partial charge is 0.497 e. The van der Waals surface area contributed by atoms with Crippen LogP contribution in [0.1, 0.15) is 40.9 Å². The minimum atomic E-state index is -5.03. The highest BCUT2D eigenvalue weighted by Gasteiger charge is 2.40. The number of fused-ring (bicyclic) bond motifs is 1. The van der Waals surface area contributed by atoms with Gasteiger partial charge in [-0.1, -0.05) is 53.7 Å². The number of methoxy groups -OCH3 is 2. The summed E-state index contributed by atoms with van der Waals surface area (Å²) in [6.45, 7) is 3.74. The SMILES string of the molecule is COc1ccc(CNc2ncccc2[C@@H](C)NCCOc2nc(-c3c(Cl)c(NCc4ccc(OC)cc4)nc(C)c3C(F)(F)F)c(F)c3nc(SC)[nH]c(=O)c23)cc1. The lowest BCUT2D eigenvalue weighted by Crippen LogP contribution is -2.26. The summed E-state index contributed by atoms with van der Waals surface area (Å²) in [4.78, 5) is 32.9. The first-order valence-corrected chi connectivity index (χ1v) is 19.4. The number of hydrogen-bond donors (Lipinski definition) is 4. The van der Waals surface area contributed by atoms with Crippen LogP contribution in [-0.2, 0) is 19.3 Å². The Morgan fingerprint density at radius 2 is 1.53 bits per heavy atom. The predicted molar refractivity (Wildman–Crippen MR) is 217 cm³/mol. The molecule has 0 fully saturated rings. The van der Waals surface area contributed by atoms with Gasteiger partial charge in [-0.15, -0.1) is 0 Å². The summed E-state index contributed by atoms with van der Waals surface area (Å²) in [7, 11) is 3.13. The average molecular weight is 839 g/mol. The van der Waals surface area contributed by atoms with Crippen molar-refractivity contribution in [3.05, 3.63) is 116 Å². The molecule has 0 spiro atoms. The number of nitrogens with zero attached hydrogens (tertiary/aromatic N) is 4. The maximum atomic E-state index is 16.6. The molecule has 4 N–H and O–H groups in total. The molecule has 6 aromatic rings. The second-order valence-corrected chi connectivity index (χ2v) is 14.0.